The molecule has 1 unspecified atom stereocenters. The second-order valence-corrected chi connectivity index (χ2v) is 5.63. The minimum absolute atomic E-state index is 0.426. The van der Waals surface area contributed by atoms with Crippen LogP contribution in [-0.4, -0.2) is 0 Å². The molecule has 13 heavy (non-hydrogen) atoms. The number of hydrogen-bond donors (Lipinski definition) is 0. The van der Waals surface area contributed by atoms with Gasteiger partial charge in [0.15, 0.2) is 0 Å². The summed E-state index contributed by atoms with van der Waals surface area (Å²) in [4.78, 5) is 0. The first-order valence-corrected chi connectivity index (χ1v) is 6.13. The molecule has 0 fully saturated rings. The Morgan fingerprint density at radius 3 is 2.77 bits per heavy atom. The first kappa shape index (κ1) is 9.74. The fourth-order valence-electron chi connectivity index (χ4n) is 2.69. The maximum atomic E-state index is 2.46. The van der Waals surface area contributed by atoms with E-state index in [2.05, 4.69) is 40.4 Å². The Morgan fingerprint density at radius 2 is 2.08 bits per heavy atom. The zero-order valence-electron chi connectivity index (χ0n) is 8.61. The molecule has 2 aliphatic carbocycles. The summed E-state index contributed by atoms with van der Waals surface area (Å²) in [5, 5.41) is 0. The molecule has 0 aromatic rings. The van der Waals surface area contributed by atoms with Gasteiger partial charge in [0.25, 0.3) is 0 Å². The van der Waals surface area contributed by atoms with Gasteiger partial charge in [0, 0.05) is 0 Å². The van der Waals surface area contributed by atoms with Crippen molar-refractivity contribution in [2.24, 2.45) is 0 Å². The molecule has 1 heteroatoms. The van der Waals surface area contributed by atoms with Crippen molar-refractivity contribution in [3.8, 4) is 0 Å². The molecule has 2 rings (SSSR count). The Balaban J connectivity index is 2.39. The van der Waals surface area contributed by atoms with Gasteiger partial charge in [0.2, 0.25) is 0 Å². The Hall–Kier alpha value is 0.194. The summed E-state index contributed by atoms with van der Waals surface area (Å²) >= 11 is 2.42. The monoisotopic (exact) mass is 209 g/mol. The van der Waals surface area contributed by atoms with E-state index in [4.69, 9.17) is 0 Å². The van der Waals surface area contributed by atoms with Crippen LogP contribution in [0.25, 0.3) is 0 Å². The van der Waals surface area contributed by atoms with Gasteiger partial charge in [-0.3, -0.25) is 0 Å². The SMILES string of the molecule is CC[C]1([Ti])C(C)=CC2=C1CCCC2. The maximum absolute atomic E-state index is 2.46. The topological polar surface area (TPSA) is 0 Å². The first-order valence-electron chi connectivity index (χ1n) is 5.35. The first-order chi connectivity index (χ1) is 6.18. The van der Waals surface area contributed by atoms with Crippen LogP contribution in [0.5, 0.6) is 0 Å². The van der Waals surface area contributed by atoms with Gasteiger partial charge in [-0.15, -0.1) is 0 Å². The van der Waals surface area contributed by atoms with Crippen molar-refractivity contribution in [2.45, 2.75) is 49.7 Å². The molecule has 0 heterocycles. The predicted octanol–water partition coefficient (Wildman–Crippen LogP) is 3.93. The van der Waals surface area contributed by atoms with Crippen LogP contribution in [0.4, 0.5) is 0 Å². The zero-order valence-corrected chi connectivity index (χ0v) is 10.2. The second kappa shape index (κ2) is 3.40. The van der Waals surface area contributed by atoms with Crippen LogP contribution in [0.3, 0.4) is 0 Å². The Bertz CT molecular complexity index is 285. The minimum atomic E-state index is 0.426. The predicted molar refractivity (Wildman–Crippen MR) is 52.2 cm³/mol. The molecule has 0 saturated carbocycles. The van der Waals surface area contributed by atoms with Crippen molar-refractivity contribution in [2.75, 3.05) is 0 Å². The van der Waals surface area contributed by atoms with Gasteiger partial charge in [0.05, 0.1) is 0 Å². The molecule has 0 N–H and O–H groups in total. The molecule has 0 aliphatic heterocycles. The van der Waals surface area contributed by atoms with Crippen molar-refractivity contribution < 1.29 is 20.4 Å². The third kappa shape index (κ3) is 1.39. The molecule has 0 saturated heterocycles. The second-order valence-electron chi connectivity index (χ2n) is 4.30. The van der Waals surface area contributed by atoms with Gasteiger partial charge >= 0.3 is 92.9 Å². The van der Waals surface area contributed by atoms with Gasteiger partial charge in [-0.25, -0.2) is 0 Å². The van der Waals surface area contributed by atoms with Crippen LogP contribution in [0.2, 0.25) is 3.72 Å². The van der Waals surface area contributed by atoms with Gasteiger partial charge in [-0.05, 0) is 0 Å². The van der Waals surface area contributed by atoms with Crippen LogP contribution in [0, 0.1) is 0 Å². The Kier molecular flexibility index (Phi) is 2.55. The van der Waals surface area contributed by atoms with Crippen molar-refractivity contribution in [1.82, 2.24) is 0 Å². The number of hydrogen-bond acceptors (Lipinski definition) is 0. The summed E-state index contributed by atoms with van der Waals surface area (Å²) in [6.45, 7) is 4.63. The van der Waals surface area contributed by atoms with E-state index < -0.39 is 0 Å². The van der Waals surface area contributed by atoms with E-state index in [1.165, 1.54) is 32.1 Å². The molecule has 0 aromatic heterocycles. The van der Waals surface area contributed by atoms with Crippen LogP contribution >= 0.6 is 0 Å². The van der Waals surface area contributed by atoms with E-state index in [0.29, 0.717) is 3.72 Å². The summed E-state index contributed by atoms with van der Waals surface area (Å²) < 4.78 is 0.426. The molecule has 0 amide bonds. The fraction of sp³-hybridized carbons (Fsp3) is 0.667. The van der Waals surface area contributed by atoms with Crippen molar-refractivity contribution in [3.63, 3.8) is 0 Å². The van der Waals surface area contributed by atoms with E-state index in [-0.39, 0.29) is 0 Å². The quantitative estimate of drug-likeness (QED) is 0.574. The van der Waals surface area contributed by atoms with E-state index in [1.807, 2.05) is 0 Å². The van der Waals surface area contributed by atoms with Crippen LogP contribution in [0.15, 0.2) is 22.8 Å². The van der Waals surface area contributed by atoms with Crippen LogP contribution in [0.1, 0.15) is 46.0 Å². The summed E-state index contributed by atoms with van der Waals surface area (Å²) in [5.41, 5.74) is 5.04. The number of allylic oxidation sites excluding steroid dienone is 4. The third-order valence-corrected chi connectivity index (χ3v) is 5.26. The molecule has 0 bridgehead atoms. The Labute approximate surface area is 92.9 Å². The molecule has 2 aliphatic rings. The molecule has 69 valence electrons. The molecular weight excluding hydrogens is 192 g/mol. The third-order valence-electron chi connectivity index (χ3n) is 3.62. The van der Waals surface area contributed by atoms with Gasteiger partial charge in [0.1, 0.15) is 0 Å². The van der Waals surface area contributed by atoms with E-state index in [1.54, 1.807) is 16.7 Å². The normalized spacial score (nSPS) is 33.2. The van der Waals surface area contributed by atoms with Crippen molar-refractivity contribution in [1.29, 1.82) is 0 Å². The van der Waals surface area contributed by atoms with Crippen molar-refractivity contribution >= 4 is 0 Å². The van der Waals surface area contributed by atoms with E-state index in [0.717, 1.165) is 0 Å². The zero-order chi connectivity index (χ0) is 9.47. The molecule has 0 aromatic carbocycles. The fourth-order valence-corrected chi connectivity index (χ4v) is 3.25. The standard InChI is InChI=1S/C12H17.Ti/c1-3-11-9(2)8-10-6-4-5-7-12(10)11;/h8H,3-7H2,1-2H3;. The molecule has 0 radical (unpaired) electrons. The van der Waals surface area contributed by atoms with Crippen molar-refractivity contribution in [3.05, 3.63) is 22.8 Å². The summed E-state index contributed by atoms with van der Waals surface area (Å²) in [6.07, 6.45) is 9.24. The average Bonchev–Trinajstić information content (AvgIpc) is 2.41. The van der Waals surface area contributed by atoms with Crippen LogP contribution < -0.4 is 0 Å². The molecular formula is C12H17Ti. The van der Waals surface area contributed by atoms with Gasteiger partial charge in [-0.2, -0.15) is 0 Å². The Morgan fingerprint density at radius 1 is 1.38 bits per heavy atom. The molecule has 0 spiro atoms. The summed E-state index contributed by atoms with van der Waals surface area (Å²) in [6, 6.07) is 0. The summed E-state index contributed by atoms with van der Waals surface area (Å²) in [5.74, 6) is 0. The van der Waals surface area contributed by atoms with Gasteiger partial charge in [-0.1, -0.05) is 0 Å². The summed E-state index contributed by atoms with van der Waals surface area (Å²) in [7, 11) is 0. The van der Waals surface area contributed by atoms with Gasteiger partial charge < -0.3 is 0 Å². The number of rotatable bonds is 1. The van der Waals surface area contributed by atoms with E-state index >= 15 is 0 Å². The van der Waals surface area contributed by atoms with Crippen LogP contribution in [-0.2, 0) is 20.4 Å². The average molecular weight is 209 g/mol. The molecule has 0 nitrogen and oxygen atoms in total. The van der Waals surface area contributed by atoms with E-state index in [9.17, 15) is 0 Å². The molecule has 1 atom stereocenters.